The Labute approximate surface area is 259 Å². The molecule has 2 aromatic rings. The first kappa shape index (κ1) is 32.4. The van der Waals surface area contributed by atoms with Gasteiger partial charge in [-0.3, -0.25) is 4.98 Å². The second-order valence-electron chi connectivity index (χ2n) is 15.5. The van der Waals surface area contributed by atoms with E-state index in [0.29, 0.717) is 43.8 Å². The summed E-state index contributed by atoms with van der Waals surface area (Å²) in [5.74, 6) is 0.0122. The van der Waals surface area contributed by atoms with Crippen LogP contribution in [0.25, 0.3) is 0 Å². The summed E-state index contributed by atoms with van der Waals surface area (Å²) in [6.07, 6.45) is 5.56. The molecule has 1 saturated heterocycles. The lowest BCUT2D eigenvalue weighted by Gasteiger charge is -2.51. The third kappa shape index (κ3) is 5.46. The number of aromatic nitrogens is 1. The summed E-state index contributed by atoms with van der Waals surface area (Å²) in [5, 5.41) is -0.00806. The van der Waals surface area contributed by atoms with E-state index in [2.05, 4.69) is 47.7 Å². The highest BCUT2D eigenvalue weighted by molar-refractivity contribution is 8.45. The summed E-state index contributed by atoms with van der Waals surface area (Å²) >= 11 is 0. The average molecular weight is 660 g/mol. The van der Waals surface area contributed by atoms with Gasteiger partial charge in [0.1, 0.15) is 11.0 Å². The predicted octanol–water partition coefficient (Wildman–Crippen LogP) is 11.2. The van der Waals surface area contributed by atoms with Gasteiger partial charge in [-0.25, -0.2) is 0 Å². The van der Waals surface area contributed by atoms with E-state index in [1.165, 1.54) is 6.42 Å². The molecular formula is C33H46F5NO3SSi. The monoisotopic (exact) mass is 659 g/mol. The van der Waals surface area contributed by atoms with E-state index in [9.17, 15) is 19.4 Å². The van der Waals surface area contributed by atoms with Crippen LogP contribution in [-0.2, 0) is 25.9 Å². The van der Waals surface area contributed by atoms with Crippen LogP contribution in [-0.4, -0.2) is 26.5 Å². The number of hydrogen-bond donors (Lipinski definition) is 0. The Kier molecular flexibility index (Phi) is 7.01. The average Bonchev–Trinajstić information content (AvgIpc) is 3.19. The minimum Gasteiger partial charge on any atom is -0.410 e. The number of hydrogen-bond acceptors (Lipinski definition) is 4. The zero-order chi connectivity index (χ0) is 32.2. The van der Waals surface area contributed by atoms with Crippen molar-refractivity contribution in [3.63, 3.8) is 0 Å². The standard InChI is InChI=1S/C33H46F5NO3SSi/c1-21(2)29-27-28(26-24(39-29)19-32(13-8-14-32)20-25(26)42-44(6,7)31(3,4)5)33(15-17-40-18-16-33)41-30(27)22-9-11-23(12-10-22)43(34,35,36,37)38/h9-12,21,25,30H,8,13-20H2,1-7H3/t25?,30-/m1/s1. The minimum atomic E-state index is -9.82. The Morgan fingerprint density at radius 2 is 1.57 bits per heavy atom. The van der Waals surface area contributed by atoms with E-state index >= 15 is 0 Å². The van der Waals surface area contributed by atoms with Crippen LogP contribution in [0, 0.1) is 5.41 Å². The van der Waals surface area contributed by atoms with Crippen LogP contribution in [0.15, 0.2) is 29.2 Å². The van der Waals surface area contributed by atoms with Gasteiger partial charge in [0.2, 0.25) is 0 Å². The third-order valence-corrected chi connectivity index (χ3v) is 16.7. The van der Waals surface area contributed by atoms with Crippen molar-refractivity contribution in [2.45, 2.75) is 126 Å². The molecule has 44 heavy (non-hydrogen) atoms. The summed E-state index contributed by atoms with van der Waals surface area (Å²) in [6, 6.07) is 3.30. The maximum atomic E-state index is 13.6. The van der Waals surface area contributed by atoms with Crippen molar-refractivity contribution < 1.29 is 33.3 Å². The fourth-order valence-corrected chi connectivity index (χ4v) is 9.44. The van der Waals surface area contributed by atoms with Crippen molar-refractivity contribution in [2.24, 2.45) is 5.41 Å². The molecule has 2 atom stereocenters. The fourth-order valence-electron chi connectivity index (χ4n) is 7.52. The Balaban J connectivity index is 1.58. The molecule has 0 amide bonds. The van der Waals surface area contributed by atoms with Crippen molar-refractivity contribution in [1.29, 1.82) is 0 Å². The molecule has 6 rings (SSSR count). The molecule has 2 spiro atoms. The molecule has 2 aliphatic carbocycles. The molecule has 1 unspecified atom stereocenters. The zero-order valence-corrected chi connectivity index (χ0v) is 28.7. The van der Waals surface area contributed by atoms with Crippen LogP contribution >= 0.6 is 10.2 Å². The highest BCUT2D eigenvalue weighted by Gasteiger charge is 2.65. The fraction of sp³-hybridized carbons (Fsp3) is 0.667. The number of fused-ring (bicyclic) bond motifs is 4. The maximum absolute atomic E-state index is 13.6. The first-order valence-corrected chi connectivity index (χ1v) is 20.8. The Hall–Kier alpha value is -1.53. The topological polar surface area (TPSA) is 40.6 Å². The van der Waals surface area contributed by atoms with E-state index in [0.717, 1.165) is 65.9 Å². The van der Waals surface area contributed by atoms with E-state index in [-0.39, 0.29) is 22.5 Å². The van der Waals surface area contributed by atoms with Gasteiger partial charge in [0.25, 0.3) is 0 Å². The molecular weight excluding hydrogens is 614 g/mol. The largest absolute Gasteiger partial charge is 0.410 e. The summed E-state index contributed by atoms with van der Waals surface area (Å²) in [6.45, 7) is 16.4. The number of rotatable bonds is 5. The molecule has 1 aromatic heterocycles. The van der Waals surface area contributed by atoms with Crippen molar-refractivity contribution in [1.82, 2.24) is 4.98 Å². The normalized spacial score (nSPS) is 26.2. The Morgan fingerprint density at radius 3 is 2.07 bits per heavy atom. The van der Waals surface area contributed by atoms with Gasteiger partial charge in [-0.2, -0.15) is 0 Å². The second-order valence-corrected chi connectivity index (χ2v) is 22.7. The van der Waals surface area contributed by atoms with Gasteiger partial charge in [-0.05, 0) is 78.4 Å². The van der Waals surface area contributed by atoms with Gasteiger partial charge in [0, 0.05) is 48.6 Å². The molecule has 0 N–H and O–H groups in total. The molecule has 3 heterocycles. The molecule has 4 aliphatic rings. The highest BCUT2D eigenvalue weighted by Crippen LogP contribution is 3.02. The number of pyridine rings is 1. The molecule has 2 fully saturated rings. The number of ether oxygens (including phenoxy) is 2. The van der Waals surface area contributed by atoms with Crippen LogP contribution < -0.4 is 0 Å². The quantitative estimate of drug-likeness (QED) is 0.237. The van der Waals surface area contributed by atoms with Gasteiger partial charge in [-0.15, -0.1) is 0 Å². The summed E-state index contributed by atoms with van der Waals surface area (Å²) in [7, 11) is -12.0. The minimum absolute atomic E-state index is 0.00806. The Morgan fingerprint density at radius 1 is 0.955 bits per heavy atom. The molecule has 11 heteroatoms. The summed E-state index contributed by atoms with van der Waals surface area (Å²) in [5.41, 5.74) is 4.81. The van der Waals surface area contributed by atoms with E-state index in [4.69, 9.17) is 18.9 Å². The van der Waals surface area contributed by atoms with Crippen molar-refractivity contribution in [3.8, 4) is 0 Å². The number of benzene rings is 1. The molecule has 0 bridgehead atoms. The number of nitrogens with zero attached hydrogens (tertiary/aromatic N) is 1. The van der Waals surface area contributed by atoms with Gasteiger partial charge >= 0.3 is 10.2 Å². The zero-order valence-electron chi connectivity index (χ0n) is 26.9. The molecule has 246 valence electrons. The van der Waals surface area contributed by atoms with Crippen molar-refractivity contribution in [3.05, 3.63) is 57.9 Å². The lowest BCUT2D eigenvalue weighted by Crippen LogP contribution is -2.47. The predicted molar refractivity (Wildman–Crippen MR) is 166 cm³/mol. The van der Waals surface area contributed by atoms with Gasteiger partial charge in [-0.1, -0.05) is 72.6 Å². The highest BCUT2D eigenvalue weighted by atomic mass is 32.5. The number of halogens is 5. The van der Waals surface area contributed by atoms with Crippen LogP contribution in [0.5, 0.6) is 0 Å². The maximum Gasteiger partial charge on any atom is 0.310 e. The van der Waals surface area contributed by atoms with Crippen LogP contribution in [0.3, 0.4) is 0 Å². The summed E-state index contributed by atoms with van der Waals surface area (Å²) < 4.78 is 88.2. The molecule has 4 nitrogen and oxygen atoms in total. The van der Waals surface area contributed by atoms with E-state index in [1.807, 2.05) is 0 Å². The molecule has 1 aromatic carbocycles. The third-order valence-electron chi connectivity index (χ3n) is 11.1. The first-order valence-electron chi connectivity index (χ1n) is 15.9. The summed E-state index contributed by atoms with van der Waals surface area (Å²) in [4.78, 5) is 3.47. The molecule has 2 aliphatic heterocycles. The van der Waals surface area contributed by atoms with Crippen molar-refractivity contribution >= 4 is 18.5 Å². The molecule has 1 saturated carbocycles. The van der Waals surface area contributed by atoms with Gasteiger partial charge < -0.3 is 13.9 Å². The van der Waals surface area contributed by atoms with Crippen LogP contribution in [0.4, 0.5) is 19.4 Å². The van der Waals surface area contributed by atoms with Gasteiger partial charge in [0.05, 0.1) is 11.7 Å². The van der Waals surface area contributed by atoms with Crippen LogP contribution in [0.1, 0.15) is 125 Å². The van der Waals surface area contributed by atoms with Crippen LogP contribution in [0.2, 0.25) is 18.1 Å². The van der Waals surface area contributed by atoms with Gasteiger partial charge in [0.15, 0.2) is 8.32 Å². The van der Waals surface area contributed by atoms with Crippen molar-refractivity contribution in [2.75, 3.05) is 13.2 Å². The first-order chi connectivity index (χ1) is 20.0. The molecule has 0 radical (unpaired) electrons. The smallest absolute Gasteiger partial charge is 0.310 e. The van der Waals surface area contributed by atoms with E-state index < -0.39 is 35.1 Å². The second kappa shape index (κ2) is 9.52. The van der Waals surface area contributed by atoms with E-state index in [1.54, 1.807) is 0 Å². The SMILES string of the molecule is CC(C)c1nc2c(c3c1[C@@H](c1ccc(S(F)(F)(F)(F)F)cc1)OC31CCOCC1)C(O[Si](C)(C)C(C)(C)C)CC1(CCC1)C2. The lowest BCUT2D eigenvalue weighted by atomic mass is 9.58. The Bertz CT molecular complexity index is 1460. The lowest BCUT2D eigenvalue weighted by molar-refractivity contribution is -0.122.